The molecule has 0 bridgehead atoms. The van der Waals surface area contributed by atoms with Crippen molar-refractivity contribution in [1.82, 2.24) is 10.3 Å². The van der Waals surface area contributed by atoms with E-state index in [9.17, 15) is 4.39 Å². The quantitative estimate of drug-likeness (QED) is 0.855. The van der Waals surface area contributed by atoms with E-state index in [1.807, 2.05) is 12.1 Å². The minimum atomic E-state index is -0.201. The Morgan fingerprint density at radius 1 is 1.29 bits per heavy atom. The summed E-state index contributed by atoms with van der Waals surface area (Å²) in [6.07, 6.45) is 3.59. The number of benzene rings is 1. The largest absolute Gasteiger partial charge is 0.309 e. The Hall–Kier alpha value is -1.26. The van der Waals surface area contributed by atoms with E-state index in [0.717, 1.165) is 23.5 Å². The fourth-order valence-electron chi connectivity index (χ4n) is 2.31. The molecule has 0 saturated heterocycles. The van der Waals surface area contributed by atoms with Gasteiger partial charge in [0.15, 0.2) is 0 Å². The molecular formula is C17H21FN2S. The maximum atomic E-state index is 13.0. The van der Waals surface area contributed by atoms with Crippen molar-refractivity contribution >= 4 is 11.3 Å². The van der Waals surface area contributed by atoms with Crippen LogP contribution in [0.25, 0.3) is 10.6 Å². The first-order valence-corrected chi connectivity index (χ1v) is 8.41. The lowest BCUT2D eigenvalue weighted by molar-refractivity contribution is 0.624. The molecular weight excluding hydrogens is 283 g/mol. The third-order valence-corrected chi connectivity index (χ3v) is 4.75. The molecule has 1 N–H and O–H groups in total. The van der Waals surface area contributed by atoms with Crippen LogP contribution < -0.4 is 5.32 Å². The zero-order chi connectivity index (χ0) is 14.8. The minimum Gasteiger partial charge on any atom is -0.309 e. The van der Waals surface area contributed by atoms with Crippen LogP contribution in [0.1, 0.15) is 37.3 Å². The first-order valence-electron chi connectivity index (χ1n) is 7.59. The standard InChI is InChI=1S/C17H21FN2S/c1-11(2)9-15-16(10-19-14-7-8-14)21-17(20-15)12-3-5-13(18)6-4-12/h3-6,11,14,19H,7-10H2,1-2H3. The van der Waals surface area contributed by atoms with Crippen molar-refractivity contribution in [3.8, 4) is 10.6 Å². The number of hydrogen-bond donors (Lipinski definition) is 1. The average Bonchev–Trinajstić information content (AvgIpc) is 3.19. The molecule has 1 aliphatic carbocycles. The molecule has 1 saturated carbocycles. The van der Waals surface area contributed by atoms with Crippen molar-refractivity contribution in [2.45, 2.75) is 45.7 Å². The highest BCUT2D eigenvalue weighted by molar-refractivity contribution is 7.15. The third kappa shape index (κ3) is 3.89. The maximum Gasteiger partial charge on any atom is 0.123 e. The average molecular weight is 304 g/mol. The normalized spacial score (nSPS) is 14.9. The summed E-state index contributed by atoms with van der Waals surface area (Å²) in [5, 5.41) is 4.57. The van der Waals surface area contributed by atoms with Crippen LogP contribution in [0.4, 0.5) is 4.39 Å². The van der Waals surface area contributed by atoms with E-state index in [1.54, 1.807) is 11.3 Å². The van der Waals surface area contributed by atoms with Crippen LogP contribution in [0.5, 0.6) is 0 Å². The Morgan fingerprint density at radius 2 is 2.00 bits per heavy atom. The maximum absolute atomic E-state index is 13.0. The van der Waals surface area contributed by atoms with Crippen molar-refractivity contribution < 1.29 is 4.39 Å². The molecule has 1 fully saturated rings. The molecule has 0 unspecified atom stereocenters. The third-order valence-electron chi connectivity index (χ3n) is 3.60. The van der Waals surface area contributed by atoms with Crippen LogP contribution in [0.2, 0.25) is 0 Å². The molecule has 2 aromatic rings. The zero-order valence-corrected chi connectivity index (χ0v) is 13.3. The Labute approximate surface area is 129 Å². The van der Waals surface area contributed by atoms with E-state index in [2.05, 4.69) is 19.2 Å². The van der Waals surface area contributed by atoms with Gasteiger partial charge in [-0.05, 0) is 49.4 Å². The number of nitrogens with one attached hydrogen (secondary N) is 1. The molecule has 1 aliphatic rings. The molecule has 112 valence electrons. The molecule has 1 heterocycles. The summed E-state index contributed by atoms with van der Waals surface area (Å²) >= 11 is 1.73. The summed E-state index contributed by atoms with van der Waals surface area (Å²) in [6, 6.07) is 7.33. The van der Waals surface area contributed by atoms with Gasteiger partial charge in [-0.1, -0.05) is 13.8 Å². The van der Waals surface area contributed by atoms with Gasteiger partial charge in [0, 0.05) is 23.0 Å². The summed E-state index contributed by atoms with van der Waals surface area (Å²) in [4.78, 5) is 6.13. The van der Waals surface area contributed by atoms with Crippen LogP contribution in [0.15, 0.2) is 24.3 Å². The van der Waals surface area contributed by atoms with Gasteiger partial charge in [-0.3, -0.25) is 0 Å². The van der Waals surface area contributed by atoms with E-state index in [1.165, 1.54) is 35.5 Å². The van der Waals surface area contributed by atoms with Gasteiger partial charge >= 0.3 is 0 Å². The van der Waals surface area contributed by atoms with Crippen molar-refractivity contribution in [2.24, 2.45) is 5.92 Å². The highest BCUT2D eigenvalue weighted by Crippen LogP contribution is 2.30. The van der Waals surface area contributed by atoms with Gasteiger partial charge in [0.25, 0.3) is 0 Å². The van der Waals surface area contributed by atoms with E-state index < -0.39 is 0 Å². The molecule has 1 aromatic heterocycles. The summed E-state index contributed by atoms with van der Waals surface area (Å²) in [5.74, 6) is 0.390. The van der Waals surface area contributed by atoms with Gasteiger partial charge in [-0.15, -0.1) is 11.3 Å². The second-order valence-corrected chi connectivity index (χ2v) is 7.23. The molecule has 4 heteroatoms. The van der Waals surface area contributed by atoms with E-state index >= 15 is 0 Å². The Kier molecular flexibility index (Phi) is 4.36. The van der Waals surface area contributed by atoms with Gasteiger partial charge < -0.3 is 5.32 Å². The number of nitrogens with zero attached hydrogens (tertiary/aromatic N) is 1. The molecule has 0 radical (unpaired) electrons. The summed E-state index contributed by atoms with van der Waals surface area (Å²) in [5.41, 5.74) is 2.20. The minimum absolute atomic E-state index is 0.201. The first-order chi connectivity index (χ1) is 10.1. The van der Waals surface area contributed by atoms with E-state index in [4.69, 9.17) is 4.98 Å². The predicted molar refractivity (Wildman–Crippen MR) is 85.9 cm³/mol. The highest BCUT2D eigenvalue weighted by atomic mass is 32.1. The number of hydrogen-bond acceptors (Lipinski definition) is 3. The SMILES string of the molecule is CC(C)Cc1nc(-c2ccc(F)cc2)sc1CNC1CC1. The van der Waals surface area contributed by atoms with E-state index in [-0.39, 0.29) is 5.82 Å². The monoisotopic (exact) mass is 304 g/mol. The second kappa shape index (κ2) is 6.24. The second-order valence-electron chi connectivity index (χ2n) is 6.15. The number of aromatic nitrogens is 1. The van der Waals surface area contributed by atoms with Crippen molar-refractivity contribution in [1.29, 1.82) is 0 Å². The Morgan fingerprint density at radius 3 is 2.62 bits per heavy atom. The van der Waals surface area contributed by atoms with Gasteiger partial charge in [-0.2, -0.15) is 0 Å². The van der Waals surface area contributed by atoms with Crippen molar-refractivity contribution in [2.75, 3.05) is 0 Å². The Bertz CT molecular complexity index is 600. The molecule has 2 nitrogen and oxygen atoms in total. The predicted octanol–water partition coefficient (Wildman–Crippen LogP) is 4.40. The van der Waals surface area contributed by atoms with Crippen molar-refractivity contribution in [3.63, 3.8) is 0 Å². The van der Waals surface area contributed by atoms with Gasteiger partial charge in [-0.25, -0.2) is 9.37 Å². The zero-order valence-electron chi connectivity index (χ0n) is 12.5. The van der Waals surface area contributed by atoms with Crippen LogP contribution in [0.3, 0.4) is 0 Å². The summed E-state index contributed by atoms with van der Waals surface area (Å²) in [6.45, 7) is 5.34. The fourth-order valence-corrected chi connectivity index (χ4v) is 3.35. The van der Waals surface area contributed by atoms with Gasteiger partial charge in [0.2, 0.25) is 0 Å². The molecule has 0 atom stereocenters. The number of thiazole rings is 1. The molecule has 21 heavy (non-hydrogen) atoms. The smallest absolute Gasteiger partial charge is 0.123 e. The van der Waals surface area contributed by atoms with Gasteiger partial charge in [0.05, 0.1) is 5.69 Å². The lowest BCUT2D eigenvalue weighted by atomic mass is 10.1. The van der Waals surface area contributed by atoms with Crippen LogP contribution in [-0.2, 0) is 13.0 Å². The number of rotatable bonds is 6. The summed E-state index contributed by atoms with van der Waals surface area (Å²) in [7, 11) is 0. The van der Waals surface area contributed by atoms with Crippen LogP contribution in [0, 0.1) is 11.7 Å². The molecule has 0 spiro atoms. The topological polar surface area (TPSA) is 24.9 Å². The molecule has 1 aromatic carbocycles. The van der Waals surface area contributed by atoms with Crippen molar-refractivity contribution in [3.05, 3.63) is 40.7 Å². The lowest BCUT2D eigenvalue weighted by Gasteiger charge is -2.05. The van der Waals surface area contributed by atoms with Crippen LogP contribution >= 0.6 is 11.3 Å². The highest BCUT2D eigenvalue weighted by Gasteiger charge is 2.22. The molecule has 0 aliphatic heterocycles. The lowest BCUT2D eigenvalue weighted by Crippen LogP contribution is -2.15. The van der Waals surface area contributed by atoms with Crippen LogP contribution in [-0.4, -0.2) is 11.0 Å². The molecule has 3 rings (SSSR count). The first kappa shape index (κ1) is 14.7. The fraction of sp³-hybridized carbons (Fsp3) is 0.471. The summed E-state index contributed by atoms with van der Waals surface area (Å²) < 4.78 is 13.0. The number of halogens is 1. The Balaban J connectivity index is 1.84. The van der Waals surface area contributed by atoms with E-state index in [0.29, 0.717) is 12.0 Å². The molecule has 0 amide bonds. The van der Waals surface area contributed by atoms with Gasteiger partial charge in [0.1, 0.15) is 10.8 Å².